The first kappa shape index (κ1) is 33.4. The number of nitrogens with one attached hydrogen (secondary N) is 3. The largest absolute Gasteiger partial charge is 0.481 e. The molecule has 3 atom stereocenters. The minimum Gasteiger partial charge on any atom is -0.481 e. The fraction of sp³-hybridized carbons (Fsp3) is 0.467. The van der Waals surface area contributed by atoms with E-state index in [1.807, 2.05) is 20.8 Å². The van der Waals surface area contributed by atoms with Crippen LogP contribution in [-0.4, -0.2) is 65.2 Å². The van der Waals surface area contributed by atoms with E-state index in [0.29, 0.717) is 24.3 Å². The third-order valence-electron chi connectivity index (χ3n) is 6.65. The molecule has 0 radical (unpaired) electrons. The predicted molar refractivity (Wildman–Crippen MR) is 156 cm³/mol. The molecule has 0 saturated heterocycles. The van der Waals surface area contributed by atoms with E-state index in [9.17, 15) is 22.8 Å². The Kier molecular flexibility index (Phi) is 11.9. The molecule has 1 amide bonds. The van der Waals surface area contributed by atoms with Crippen LogP contribution in [0.15, 0.2) is 54.9 Å². The summed E-state index contributed by atoms with van der Waals surface area (Å²) in [5, 5.41) is 12.9. The number of hydrogen-bond donors (Lipinski definition) is 3. The highest BCUT2D eigenvalue weighted by atomic mass is 19.4. The van der Waals surface area contributed by atoms with E-state index in [1.54, 1.807) is 37.3 Å². The van der Waals surface area contributed by atoms with Crippen LogP contribution in [0.25, 0.3) is 5.69 Å². The lowest BCUT2D eigenvalue weighted by Crippen LogP contribution is -2.52. The van der Waals surface area contributed by atoms with E-state index in [4.69, 9.17) is 9.47 Å². The van der Waals surface area contributed by atoms with Crippen LogP contribution in [0.2, 0.25) is 0 Å². The van der Waals surface area contributed by atoms with Crippen LogP contribution in [0, 0.1) is 5.92 Å². The van der Waals surface area contributed by atoms with Crippen molar-refractivity contribution in [3.05, 3.63) is 66.1 Å². The van der Waals surface area contributed by atoms with Gasteiger partial charge in [0.05, 0.1) is 31.6 Å². The van der Waals surface area contributed by atoms with Gasteiger partial charge in [0.1, 0.15) is 6.04 Å². The van der Waals surface area contributed by atoms with Crippen molar-refractivity contribution in [2.75, 3.05) is 25.6 Å². The number of benzene rings is 1. The summed E-state index contributed by atoms with van der Waals surface area (Å²) in [5.74, 6) is -0.839. The molecule has 10 nitrogen and oxygen atoms in total. The van der Waals surface area contributed by atoms with Gasteiger partial charge in [0.25, 0.3) is 0 Å². The fourth-order valence-electron chi connectivity index (χ4n) is 4.42. The van der Waals surface area contributed by atoms with Crippen molar-refractivity contribution in [1.82, 2.24) is 25.4 Å². The molecule has 43 heavy (non-hydrogen) atoms. The molecule has 0 aliphatic rings. The number of rotatable bonds is 15. The highest BCUT2D eigenvalue weighted by Gasteiger charge is 2.43. The van der Waals surface area contributed by atoms with Crippen LogP contribution in [0.4, 0.5) is 18.9 Å². The molecule has 2 heterocycles. The molecule has 0 aliphatic carbocycles. The summed E-state index contributed by atoms with van der Waals surface area (Å²) in [5.41, 5.74) is 1.60. The van der Waals surface area contributed by atoms with Crippen molar-refractivity contribution in [3.63, 3.8) is 0 Å². The van der Waals surface area contributed by atoms with E-state index >= 15 is 0 Å². The zero-order chi connectivity index (χ0) is 31.6. The van der Waals surface area contributed by atoms with Gasteiger partial charge in [0.2, 0.25) is 11.8 Å². The molecule has 0 aliphatic heterocycles. The second-order valence-corrected chi connectivity index (χ2v) is 10.3. The Hall–Kier alpha value is -4.13. The second-order valence-electron chi connectivity index (χ2n) is 10.3. The molecule has 2 aromatic heterocycles. The first-order valence-electron chi connectivity index (χ1n) is 14.1. The first-order chi connectivity index (χ1) is 20.5. The number of halogens is 3. The topological polar surface area (TPSA) is 119 Å². The van der Waals surface area contributed by atoms with Crippen molar-refractivity contribution in [2.45, 2.75) is 64.8 Å². The summed E-state index contributed by atoms with van der Waals surface area (Å²) >= 11 is 0. The van der Waals surface area contributed by atoms with Gasteiger partial charge in [-0.25, -0.2) is 14.5 Å². The lowest BCUT2D eigenvalue weighted by Gasteiger charge is -2.29. The number of anilines is 1. The number of pyridine rings is 1. The molecule has 0 spiro atoms. The summed E-state index contributed by atoms with van der Waals surface area (Å²) < 4.78 is 53.8. The maximum atomic E-state index is 14.1. The highest BCUT2D eigenvalue weighted by Crippen LogP contribution is 2.33. The number of carbonyl (C=O) groups excluding carboxylic acids is 2. The van der Waals surface area contributed by atoms with Crippen LogP contribution < -0.4 is 20.7 Å². The van der Waals surface area contributed by atoms with E-state index in [1.165, 1.54) is 30.1 Å². The van der Waals surface area contributed by atoms with Crippen LogP contribution in [0.5, 0.6) is 5.88 Å². The Balaban J connectivity index is 1.67. The van der Waals surface area contributed by atoms with Gasteiger partial charge in [-0.1, -0.05) is 26.8 Å². The summed E-state index contributed by atoms with van der Waals surface area (Å²) in [7, 11) is 1.38. The smallest absolute Gasteiger partial charge is 0.407 e. The lowest BCUT2D eigenvalue weighted by molar-refractivity contribution is -0.161. The first-order valence-corrected chi connectivity index (χ1v) is 14.1. The minimum absolute atomic E-state index is 0.0398. The zero-order valence-electron chi connectivity index (χ0n) is 24.9. The number of nitrogens with zero attached hydrogens (tertiary/aromatic N) is 3. The lowest BCUT2D eigenvalue weighted by atomic mass is 9.99. The van der Waals surface area contributed by atoms with Crippen molar-refractivity contribution in [2.24, 2.45) is 5.92 Å². The SMILES string of the molecule is CCOC(=O)c1ccnn1-c1ccc(NC[C@H](CC)NC(=O)[C@H](CC(C)C)N[C@@H](c2ccc(OC)nc2)C(F)(F)F)cc1. The van der Waals surface area contributed by atoms with Crippen molar-refractivity contribution in [3.8, 4) is 11.6 Å². The average Bonchev–Trinajstić information content (AvgIpc) is 3.47. The quantitative estimate of drug-likeness (QED) is 0.206. The van der Waals surface area contributed by atoms with Gasteiger partial charge < -0.3 is 20.1 Å². The number of amides is 1. The Morgan fingerprint density at radius 3 is 2.33 bits per heavy atom. The molecule has 3 N–H and O–H groups in total. The van der Waals surface area contributed by atoms with Crippen LogP contribution in [-0.2, 0) is 9.53 Å². The maximum Gasteiger partial charge on any atom is 0.407 e. The van der Waals surface area contributed by atoms with Crippen molar-refractivity contribution >= 4 is 17.6 Å². The van der Waals surface area contributed by atoms with Gasteiger partial charge in [-0.05, 0) is 61.6 Å². The predicted octanol–water partition coefficient (Wildman–Crippen LogP) is 5.07. The zero-order valence-corrected chi connectivity index (χ0v) is 24.9. The Labute approximate surface area is 249 Å². The van der Waals surface area contributed by atoms with Crippen molar-refractivity contribution < 1.29 is 32.2 Å². The Morgan fingerprint density at radius 1 is 1.05 bits per heavy atom. The molecule has 1 aromatic carbocycles. The number of hydrogen-bond acceptors (Lipinski definition) is 8. The van der Waals surface area contributed by atoms with E-state index < -0.39 is 30.1 Å². The van der Waals surface area contributed by atoms with Gasteiger partial charge in [0.15, 0.2) is 5.69 Å². The fourth-order valence-corrected chi connectivity index (χ4v) is 4.42. The number of alkyl halides is 3. The molecule has 3 rings (SSSR count). The second kappa shape index (κ2) is 15.4. The van der Waals surface area contributed by atoms with Gasteiger partial charge in [-0.15, -0.1) is 0 Å². The van der Waals surface area contributed by atoms with Crippen LogP contribution in [0.3, 0.4) is 0 Å². The minimum atomic E-state index is -4.66. The van der Waals surface area contributed by atoms with Gasteiger partial charge in [-0.2, -0.15) is 18.3 Å². The molecule has 234 valence electrons. The maximum absolute atomic E-state index is 14.1. The van der Waals surface area contributed by atoms with Crippen LogP contribution in [0.1, 0.15) is 62.6 Å². The molecule has 0 unspecified atom stereocenters. The van der Waals surface area contributed by atoms with Gasteiger partial charge in [-0.3, -0.25) is 10.1 Å². The number of carbonyl (C=O) groups is 2. The van der Waals surface area contributed by atoms with Gasteiger partial charge in [0, 0.05) is 30.5 Å². The van der Waals surface area contributed by atoms with Crippen LogP contribution >= 0.6 is 0 Å². The average molecular weight is 605 g/mol. The van der Waals surface area contributed by atoms with E-state index in [2.05, 4.69) is 26.0 Å². The molecular weight excluding hydrogens is 565 g/mol. The summed E-state index contributed by atoms with van der Waals surface area (Å²) in [4.78, 5) is 29.4. The Morgan fingerprint density at radius 2 is 1.77 bits per heavy atom. The highest BCUT2D eigenvalue weighted by molar-refractivity contribution is 5.88. The van der Waals surface area contributed by atoms with E-state index in [0.717, 1.165) is 11.9 Å². The molecule has 0 bridgehead atoms. The molecular formula is C30H39F3N6O4. The molecule has 0 fully saturated rings. The van der Waals surface area contributed by atoms with E-state index in [-0.39, 0.29) is 36.4 Å². The molecule has 3 aromatic rings. The third kappa shape index (κ3) is 9.43. The van der Waals surface area contributed by atoms with Crippen molar-refractivity contribution in [1.29, 1.82) is 0 Å². The summed E-state index contributed by atoms with van der Waals surface area (Å²) in [6, 6.07) is 7.86. The third-order valence-corrected chi connectivity index (χ3v) is 6.65. The number of esters is 1. The number of methoxy groups -OCH3 is 1. The number of ether oxygens (including phenoxy) is 2. The molecule has 0 saturated carbocycles. The monoisotopic (exact) mass is 604 g/mol. The molecule has 13 heteroatoms. The normalized spacial score (nSPS) is 13.7. The van der Waals surface area contributed by atoms with Gasteiger partial charge >= 0.3 is 12.1 Å². The number of aromatic nitrogens is 3. The standard InChI is InChI=1S/C30H39F3N6O4/c1-6-21(18-34-22-9-11-23(12-10-22)39-25(14-15-36-39)29(41)43-7-2)37-28(40)24(16-19(3)4)38-27(30(31,32)33)20-8-13-26(42-5)35-17-20/h8-15,17,19,21,24,27,34,38H,6-7,16,18H2,1-5H3,(H,37,40)/t21-,24-,27-/m0/s1. The Bertz CT molecular complexity index is 1310. The summed E-state index contributed by atoms with van der Waals surface area (Å²) in [6.45, 7) is 7.90. The summed E-state index contributed by atoms with van der Waals surface area (Å²) in [6.07, 6.45) is -1.29.